The fourth-order valence-electron chi connectivity index (χ4n) is 3.29. The predicted octanol–water partition coefficient (Wildman–Crippen LogP) is 2.99. The molecule has 4 rings (SSSR count). The lowest BCUT2D eigenvalue weighted by atomic mass is 10.1. The van der Waals surface area contributed by atoms with E-state index in [0.717, 1.165) is 23.1 Å². The Morgan fingerprint density at radius 3 is 2.29 bits per heavy atom. The number of nitrogens with two attached hydrogens (primary N) is 2. The SMILES string of the molecule is NNc1nc(N)nc2ccc(NCCc3ccc(S(=O)(=O)c4ccccc4)cc3)cc12. The number of anilines is 3. The fourth-order valence-corrected chi connectivity index (χ4v) is 4.57. The van der Waals surface area contributed by atoms with Crippen molar-refractivity contribution < 1.29 is 8.42 Å². The van der Waals surface area contributed by atoms with Gasteiger partial charge in [0.2, 0.25) is 15.8 Å². The van der Waals surface area contributed by atoms with Crippen molar-refractivity contribution in [3.8, 4) is 0 Å². The summed E-state index contributed by atoms with van der Waals surface area (Å²) in [5.41, 5.74) is 10.8. The first kappa shape index (κ1) is 20.6. The van der Waals surface area contributed by atoms with Crippen molar-refractivity contribution >= 4 is 38.2 Å². The minimum atomic E-state index is -3.50. The van der Waals surface area contributed by atoms with E-state index >= 15 is 0 Å². The predicted molar refractivity (Wildman–Crippen MR) is 122 cm³/mol. The van der Waals surface area contributed by atoms with E-state index < -0.39 is 9.84 Å². The maximum Gasteiger partial charge on any atom is 0.222 e. The molecule has 3 aromatic carbocycles. The first-order chi connectivity index (χ1) is 15.0. The molecule has 0 spiro atoms. The Morgan fingerprint density at radius 1 is 0.871 bits per heavy atom. The smallest absolute Gasteiger partial charge is 0.222 e. The van der Waals surface area contributed by atoms with Crippen LogP contribution >= 0.6 is 0 Å². The summed E-state index contributed by atoms with van der Waals surface area (Å²) in [6, 6.07) is 21.0. The van der Waals surface area contributed by atoms with E-state index in [2.05, 4.69) is 20.7 Å². The second-order valence-corrected chi connectivity index (χ2v) is 8.89. The molecule has 0 aliphatic heterocycles. The van der Waals surface area contributed by atoms with Gasteiger partial charge in [0.25, 0.3) is 0 Å². The maximum atomic E-state index is 12.7. The number of nitrogens with one attached hydrogen (secondary N) is 2. The first-order valence-electron chi connectivity index (χ1n) is 9.64. The number of hydrazine groups is 1. The van der Waals surface area contributed by atoms with Gasteiger partial charge in [-0.05, 0) is 54.4 Å². The van der Waals surface area contributed by atoms with E-state index in [1.165, 1.54) is 0 Å². The zero-order valence-electron chi connectivity index (χ0n) is 16.6. The van der Waals surface area contributed by atoms with E-state index in [0.29, 0.717) is 17.9 Å². The molecular weight excluding hydrogens is 412 g/mol. The van der Waals surface area contributed by atoms with E-state index in [-0.39, 0.29) is 15.7 Å². The number of benzene rings is 3. The third kappa shape index (κ3) is 4.42. The van der Waals surface area contributed by atoms with Crippen LogP contribution in [0.4, 0.5) is 17.5 Å². The molecule has 4 aromatic rings. The molecule has 0 unspecified atom stereocenters. The quantitative estimate of drug-likeness (QED) is 0.257. The number of hydrogen-bond donors (Lipinski definition) is 4. The number of hydrogen-bond acceptors (Lipinski definition) is 8. The number of fused-ring (bicyclic) bond motifs is 1. The van der Waals surface area contributed by atoms with Gasteiger partial charge in [-0.3, -0.25) is 0 Å². The molecule has 6 N–H and O–H groups in total. The van der Waals surface area contributed by atoms with Crippen LogP contribution in [-0.2, 0) is 16.3 Å². The summed E-state index contributed by atoms with van der Waals surface area (Å²) in [4.78, 5) is 8.86. The van der Waals surface area contributed by atoms with Crippen molar-refractivity contribution in [3.05, 3.63) is 78.4 Å². The van der Waals surface area contributed by atoms with Crippen LogP contribution < -0.4 is 22.3 Å². The van der Waals surface area contributed by atoms with Crippen molar-refractivity contribution in [2.24, 2.45) is 5.84 Å². The van der Waals surface area contributed by atoms with Crippen LogP contribution in [0.15, 0.2) is 82.6 Å². The molecule has 0 bridgehead atoms. The molecule has 1 heterocycles. The largest absolute Gasteiger partial charge is 0.385 e. The fraction of sp³-hybridized carbons (Fsp3) is 0.0909. The average molecular weight is 435 g/mol. The van der Waals surface area contributed by atoms with Gasteiger partial charge >= 0.3 is 0 Å². The number of nitrogens with zero attached hydrogens (tertiary/aromatic N) is 2. The van der Waals surface area contributed by atoms with Gasteiger partial charge in [0.1, 0.15) is 0 Å². The van der Waals surface area contributed by atoms with Crippen LogP contribution in [0.1, 0.15) is 5.56 Å². The number of aromatic nitrogens is 2. The summed E-state index contributed by atoms with van der Waals surface area (Å²) in [6.45, 7) is 0.664. The average Bonchev–Trinajstić information content (AvgIpc) is 2.79. The van der Waals surface area contributed by atoms with Crippen molar-refractivity contribution in [1.82, 2.24) is 9.97 Å². The molecule has 0 saturated heterocycles. The summed E-state index contributed by atoms with van der Waals surface area (Å²) in [5.74, 6) is 6.14. The second kappa shape index (κ2) is 8.58. The Balaban J connectivity index is 1.43. The van der Waals surface area contributed by atoms with Gasteiger partial charge < -0.3 is 16.5 Å². The highest BCUT2D eigenvalue weighted by Crippen LogP contribution is 2.24. The summed E-state index contributed by atoms with van der Waals surface area (Å²) in [6.07, 6.45) is 0.726. The minimum absolute atomic E-state index is 0.152. The minimum Gasteiger partial charge on any atom is -0.385 e. The van der Waals surface area contributed by atoms with E-state index in [1.54, 1.807) is 42.5 Å². The van der Waals surface area contributed by atoms with Crippen molar-refractivity contribution in [3.63, 3.8) is 0 Å². The highest BCUT2D eigenvalue weighted by molar-refractivity contribution is 7.91. The molecule has 0 saturated carbocycles. The molecule has 0 radical (unpaired) electrons. The third-order valence-corrected chi connectivity index (χ3v) is 6.67. The zero-order valence-corrected chi connectivity index (χ0v) is 17.4. The highest BCUT2D eigenvalue weighted by atomic mass is 32.2. The molecule has 0 aliphatic carbocycles. The highest BCUT2D eigenvalue weighted by Gasteiger charge is 2.16. The number of sulfone groups is 1. The molecule has 8 nitrogen and oxygen atoms in total. The Bertz CT molecular complexity index is 1310. The van der Waals surface area contributed by atoms with Crippen LogP contribution in [0.3, 0.4) is 0 Å². The molecule has 9 heteroatoms. The van der Waals surface area contributed by atoms with Crippen LogP contribution in [0.5, 0.6) is 0 Å². The summed E-state index contributed by atoms with van der Waals surface area (Å²) < 4.78 is 25.4. The summed E-state index contributed by atoms with van der Waals surface area (Å²) >= 11 is 0. The standard InChI is InChI=1S/C22H22N6O2S/c23-22-26-20-11-8-16(14-19(20)21(27-22)28-24)25-13-12-15-6-9-18(10-7-15)31(29,30)17-4-2-1-3-5-17/h1-11,14,25H,12-13,24H2,(H3,23,26,27,28). The maximum absolute atomic E-state index is 12.7. The lowest BCUT2D eigenvalue weighted by Crippen LogP contribution is -2.11. The Kier molecular flexibility index (Phi) is 5.70. The van der Waals surface area contributed by atoms with Gasteiger partial charge in [0.05, 0.1) is 15.3 Å². The van der Waals surface area contributed by atoms with E-state index in [1.807, 2.05) is 30.3 Å². The van der Waals surface area contributed by atoms with Gasteiger partial charge in [-0.1, -0.05) is 30.3 Å². The summed E-state index contributed by atoms with van der Waals surface area (Å²) in [7, 11) is -3.50. The molecule has 0 amide bonds. The zero-order chi connectivity index (χ0) is 21.8. The monoisotopic (exact) mass is 434 g/mol. The molecule has 0 aliphatic rings. The van der Waals surface area contributed by atoms with Crippen LogP contribution in [0.2, 0.25) is 0 Å². The first-order valence-corrected chi connectivity index (χ1v) is 11.1. The lowest BCUT2D eigenvalue weighted by molar-refractivity contribution is 0.596. The van der Waals surface area contributed by atoms with E-state index in [4.69, 9.17) is 11.6 Å². The van der Waals surface area contributed by atoms with Crippen LogP contribution in [-0.4, -0.2) is 24.9 Å². The van der Waals surface area contributed by atoms with Gasteiger partial charge in [-0.25, -0.2) is 19.2 Å². The van der Waals surface area contributed by atoms with Gasteiger partial charge in [-0.15, -0.1) is 0 Å². The Morgan fingerprint density at radius 2 is 1.58 bits per heavy atom. The Hall–Kier alpha value is -3.69. The van der Waals surface area contributed by atoms with Crippen molar-refractivity contribution in [1.29, 1.82) is 0 Å². The topological polar surface area (TPSA) is 136 Å². The molecule has 31 heavy (non-hydrogen) atoms. The Labute approximate surface area is 180 Å². The molecule has 0 fully saturated rings. The molecule has 158 valence electrons. The molecular formula is C22H22N6O2S. The molecule has 0 atom stereocenters. The van der Waals surface area contributed by atoms with Crippen LogP contribution in [0.25, 0.3) is 10.9 Å². The number of nitrogen functional groups attached to an aromatic ring is 2. The normalized spacial score (nSPS) is 11.4. The van der Waals surface area contributed by atoms with Crippen molar-refractivity contribution in [2.75, 3.05) is 23.0 Å². The third-order valence-electron chi connectivity index (χ3n) is 4.88. The van der Waals surface area contributed by atoms with Crippen LogP contribution in [0, 0.1) is 0 Å². The van der Waals surface area contributed by atoms with Gasteiger partial charge in [0.15, 0.2) is 5.82 Å². The number of rotatable bonds is 7. The van der Waals surface area contributed by atoms with Crippen molar-refractivity contribution in [2.45, 2.75) is 16.2 Å². The molecule has 1 aromatic heterocycles. The second-order valence-electron chi connectivity index (χ2n) is 6.94. The van der Waals surface area contributed by atoms with Gasteiger partial charge in [-0.2, -0.15) is 4.98 Å². The lowest BCUT2D eigenvalue weighted by Gasteiger charge is -2.10. The summed E-state index contributed by atoms with van der Waals surface area (Å²) in [5, 5.41) is 4.11. The van der Waals surface area contributed by atoms with Gasteiger partial charge in [0, 0.05) is 17.6 Å². The van der Waals surface area contributed by atoms with E-state index in [9.17, 15) is 8.42 Å².